The number of hydrogen-bond acceptors (Lipinski definition) is 3. The van der Waals surface area contributed by atoms with Gasteiger partial charge >= 0.3 is 6.03 Å². The summed E-state index contributed by atoms with van der Waals surface area (Å²) in [5.41, 5.74) is 5.23. The van der Waals surface area contributed by atoms with Crippen LogP contribution in [0.3, 0.4) is 0 Å². The molecule has 0 fully saturated rings. The van der Waals surface area contributed by atoms with Crippen molar-refractivity contribution in [2.45, 2.75) is 0 Å². The topological polar surface area (TPSA) is 95.7 Å². The van der Waals surface area contributed by atoms with Crippen molar-refractivity contribution in [1.82, 2.24) is 14.7 Å². The fourth-order valence-corrected chi connectivity index (χ4v) is 2.97. The summed E-state index contributed by atoms with van der Waals surface area (Å²) in [5, 5.41) is 12.2. The molecular formula is C22H19FN4O3. The average Bonchev–Trinajstić information content (AvgIpc) is 3.18. The Balaban J connectivity index is 0.000000806. The van der Waals surface area contributed by atoms with Crippen LogP contribution in [0.4, 0.5) is 14.9 Å². The van der Waals surface area contributed by atoms with Crippen molar-refractivity contribution in [3.63, 3.8) is 0 Å². The van der Waals surface area contributed by atoms with E-state index in [1.54, 1.807) is 25.4 Å². The van der Waals surface area contributed by atoms with Crippen LogP contribution < -0.4 is 10.6 Å². The molecule has 30 heavy (non-hydrogen) atoms. The van der Waals surface area contributed by atoms with Crippen LogP contribution in [0, 0.1) is 5.82 Å². The van der Waals surface area contributed by atoms with Gasteiger partial charge < -0.3 is 15.7 Å². The number of rotatable bonds is 3. The molecule has 0 aliphatic rings. The maximum absolute atomic E-state index is 13.1. The van der Waals surface area contributed by atoms with E-state index in [0.717, 1.165) is 28.0 Å². The van der Waals surface area contributed by atoms with Gasteiger partial charge in [-0.25, -0.2) is 14.2 Å². The first-order valence-electron chi connectivity index (χ1n) is 8.95. The molecular weight excluding hydrogens is 387 g/mol. The van der Waals surface area contributed by atoms with Gasteiger partial charge in [0, 0.05) is 24.5 Å². The highest BCUT2D eigenvalue weighted by atomic mass is 19.1. The number of hydrogen-bond donors (Lipinski definition) is 3. The van der Waals surface area contributed by atoms with Crippen LogP contribution in [0.1, 0.15) is 0 Å². The number of nitrogens with one attached hydrogen (secondary N) is 2. The van der Waals surface area contributed by atoms with Gasteiger partial charge in [0.05, 0.1) is 11.9 Å². The third-order valence-corrected chi connectivity index (χ3v) is 4.33. The Bertz CT molecular complexity index is 1170. The standard InChI is InChI=1S/C21H17FN4O.CH2O2/c1-23-21(27)25-18-4-2-3-16(11-18)19-13-24-20-12-15(9-10-26(19)20)14-5-7-17(22)8-6-14;2-1-3/h2-13H,1H3,(H2,23,25,27);1H,(H,2,3). The quantitative estimate of drug-likeness (QED) is 0.443. The van der Waals surface area contributed by atoms with Gasteiger partial charge in [0.25, 0.3) is 6.47 Å². The number of carbonyl (C=O) groups is 2. The smallest absolute Gasteiger partial charge is 0.318 e. The first kappa shape index (κ1) is 20.5. The van der Waals surface area contributed by atoms with E-state index in [2.05, 4.69) is 15.6 Å². The van der Waals surface area contributed by atoms with Crippen LogP contribution in [0.2, 0.25) is 0 Å². The molecule has 0 radical (unpaired) electrons. The van der Waals surface area contributed by atoms with Crippen molar-refractivity contribution < 1.29 is 19.1 Å². The molecule has 3 N–H and O–H groups in total. The van der Waals surface area contributed by atoms with Gasteiger partial charge in [0.1, 0.15) is 11.5 Å². The predicted molar refractivity (Wildman–Crippen MR) is 113 cm³/mol. The first-order chi connectivity index (χ1) is 14.5. The summed E-state index contributed by atoms with van der Waals surface area (Å²) in [6, 6.07) is 17.6. The zero-order valence-corrected chi connectivity index (χ0v) is 16.0. The number of aromatic nitrogens is 2. The molecule has 152 valence electrons. The van der Waals surface area contributed by atoms with Crippen LogP contribution in [-0.2, 0) is 4.79 Å². The predicted octanol–water partition coefficient (Wildman–Crippen LogP) is 4.26. The molecule has 0 saturated heterocycles. The molecule has 8 heteroatoms. The second-order valence-electron chi connectivity index (χ2n) is 6.18. The molecule has 2 amide bonds. The number of carboxylic acid groups (broad SMARTS) is 1. The molecule has 0 atom stereocenters. The fraction of sp³-hybridized carbons (Fsp3) is 0.0455. The summed E-state index contributed by atoms with van der Waals surface area (Å²) in [4.78, 5) is 24.4. The number of fused-ring (bicyclic) bond motifs is 1. The summed E-state index contributed by atoms with van der Waals surface area (Å²) in [7, 11) is 1.57. The number of carbonyl (C=O) groups excluding carboxylic acids is 1. The highest BCUT2D eigenvalue weighted by Crippen LogP contribution is 2.27. The van der Waals surface area contributed by atoms with Gasteiger partial charge in [0.2, 0.25) is 0 Å². The van der Waals surface area contributed by atoms with Gasteiger partial charge in [-0.3, -0.25) is 9.20 Å². The second-order valence-corrected chi connectivity index (χ2v) is 6.18. The lowest BCUT2D eigenvalue weighted by Crippen LogP contribution is -2.24. The minimum atomic E-state index is -0.269. The highest BCUT2D eigenvalue weighted by Gasteiger charge is 2.09. The third kappa shape index (κ3) is 4.61. The fourth-order valence-electron chi connectivity index (χ4n) is 2.97. The number of benzene rings is 2. The number of halogens is 1. The van der Waals surface area contributed by atoms with Gasteiger partial charge in [-0.1, -0.05) is 24.3 Å². The summed E-state index contributed by atoms with van der Waals surface area (Å²) < 4.78 is 15.1. The number of imidazole rings is 1. The summed E-state index contributed by atoms with van der Waals surface area (Å²) in [6.07, 6.45) is 3.73. The van der Waals surface area contributed by atoms with Crippen LogP contribution >= 0.6 is 0 Å². The maximum atomic E-state index is 13.1. The Morgan fingerprint density at radius 1 is 1.07 bits per heavy atom. The molecule has 0 aliphatic carbocycles. The van der Waals surface area contributed by atoms with E-state index in [1.165, 1.54) is 12.1 Å². The van der Waals surface area contributed by atoms with Gasteiger partial charge in [-0.15, -0.1) is 0 Å². The van der Waals surface area contributed by atoms with Gasteiger partial charge in [-0.2, -0.15) is 0 Å². The lowest BCUT2D eigenvalue weighted by atomic mass is 10.1. The molecule has 2 aromatic heterocycles. The normalized spacial score (nSPS) is 10.1. The molecule has 2 aromatic carbocycles. The van der Waals surface area contributed by atoms with E-state index in [4.69, 9.17) is 9.90 Å². The molecule has 0 bridgehead atoms. The Morgan fingerprint density at radius 3 is 2.50 bits per heavy atom. The minimum absolute atomic E-state index is 0.250. The van der Waals surface area contributed by atoms with Crippen LogP contribution in [0.5, 0.6) is 0 Å². The molecule has 0 aliphatic heterocycles. The molecule has 0 unspecified atom stereocenters. The number of anilines is 1. The number of urea groups is 1. The van der Waals surface area contributed by atoms with Gasteiger partial charge in [-0.05, 0) is 47.5 Å². The van der Waals surface area contributed by atoms with Crippen LogP contribution in [-0.4, -0.2) is 34.0 Å². The molecule has 2 heterocycles. The lowest BCUT2D eigenvalue weighted by Gasteiger charge is -2.08. The summed E-state index contributed by atoms with van der Waals surface area (Å²) in [5.74, 6) is -0.256. The number of pyridine rings is 1. The van der Waals surface area contributed by atoms with Crippen molar-refractivity contribution in [1.29, 1.82) is 0 Å². The van der Waals surface area contributed by atoms with E-state index < -0.39 is 0 Å². The summed E-state index contributed by atoms with van der Waals surface area (Å²) >= 11 is 0. The first-order valence-corrected chi connectivity index (χ1v) is 8.95. The van der Waals surface area contributed by atoms with E-state index in [9.17, 15) is 9.18 Å². The van der Waals surface area contributed by atoms with Gasteiger partial charge in [0.15, 0.2) is 0 Å². The Hall–Kier alpha value is -4.20. The van der Waals surface area contributed by atoms with Crippen molar-refractivity contribution in [2.75, 3.05) is 12.4 Å². The number of amides is 2. The van der Waals surface area contributed by atoms with Crippen molar-refractivity contribution in [2.24, 2.45) is 0 Å². The molecule has 4 aromatic rings. The van der Waals surface area contributed by atoms with E-state index in [-0.39, 0.29) is 18.3 Å². The van der Waals surface area contributed by atoms with Crippen molar-refractivity contribution >= 4 is 23.8 Å². The lowest BCUT2D eigenvalue weighted by molar-refractivity contribution is -0.122. The zero-order valence-electron chi connectivity index (χ0n) is 16.0. The molecule has 4 rings (SSSR count). The average molecular weight is 406 g/mol. The minimum Gasteiger partial charge on any atom is -0.483 e. The number of nitrogens with zero attached hydrogens (tertiary/aromatic N) is 2. The third-order valence-electron chi connectivity index (χ3n) is 4.33. The van der Waals surface area contributed by atoms with E-state index in [0.29, 0.717) is 5.69 Å². The Labute approximate surface area is 171 Å². The van der Waals surface area contributed by atoms with Crippen LogP contribution in [0.15, 0.2) is 73.1 Å². The SMILES string of the molecule is CNC(=O)Nc1cccc(-c2cnc3cc(-c4ccc(F)cc4)ccn23)c1.O=CO. The molecule has 0 saturated carbocycles. The zero-order chi connectivity index (χ0) is 21.5. The second kappa shape index (κ2) is 9.33. The molecule has 7 nitrogen and oxygen atoms in total. The van der Waals surface area contributed by atoms with Crippen LogP contribution in [0.25, 0.3) is 28.0 Å². The van der Waals surface area contributed by atoms with E-state index in [1.807, 2.05) is 47.0 Å². The Morgan fingerprint density at radius 2 is 1.80 bits per heavy atom. The Kier molecular flexibility index (Phi) is 6.39. The molecule has 0 spiro atoms. The van der Waals surface area contributed by atoms with Crippen molar-refractivity contribution in [3.05, 3.63) is 78.9 Å². The monoisotopic (exact) mass is 406 g/mol. The maximum Gasteiger partial charge on any atom is 0.318 e. The van der Waals surface area contributed by atoms with Crippen molar-refractivity contribution in [3.8, 4) is 22.4 Å². The largest absolute Gasteiger partial charge is 0.483 e. The highest BCUT2D eigenvalue weighted by molar-refractivity contribution is 5.89. The van der Waals surface area contributed by atoms with E-state index >= 15 is 0 Å². The summed E-state index contributed by atoms with van der Waals surface area (Å²) in [6.45, 7) is -0.250.